The number of aryl methyl sites for hydroxylation is 2. The fourth-order valence-corrected chi connectivity index (χ4v) is 4.02. The first kappa shape index (κ1) is 26.9. The Morgan fingerprint density at radius 3 is 1.73 bits per heavy atom. The maximum Gasteiger partial charge on any atom is 4.00 e. The van der Waals surface area contributed by atoms with Crippen LogP contribution in [0.3, 0.4) is 0 Å². The Kier molecular flexibility index (Phi) is 9.55. The quantitative estimate of drug-likeness (QED) is 0.288. The van der Waals surface area contributed by atoms with Crippen molar-refractivity contribution in [1.82, 2.24) is 9.13 Å². The summed E-state index contributed by atoms with van der Waals surface area (Å²) in [5.74, 6) is 0. The van der Waals surface area contributed by atoms with Crippen LogP contribution in [-0.2, 0) is 26.2 Å². The molecule has 5 heteroatoms. The summed E-state index contributed by atoms with van der Waals surface area (Å²) in [5, 5.41) is 5.33. The van der Waals surface area contributed by atoms with Crippen molar-refractivity contribution < 1.29 is 51.0 Å². The number of nitrogens with zero attached hydrogens (tertiary/aromatic N) is 2. The van der Waals surface area contributed by atoms with E-state index in [2.05, 4.69) is 121 Å². The molecule has 2 nitrogen and oxygen atoms in total. The summed E-state index contributed by atoms with van der Waals surface area (Å²) in [7, 11) is 0. The Morgan fingerprint density at radius 2 is 1.15 bits per heavy atom. The number of rotatable bonds is 2. The van der Waals surface area contributed by atoms with Gasteiger partial charge in [0.05, 0.1) is 0 Å². The molecule has 0 N–H and O–H groups in total. The molecule has 4 aromatic carbocycles. The van der Waals surface area contributed by atoms with Gasteiger partial charge in [0.15, 0.2) is 0 Å². The van der Waals surface area contributed by atoms with Crippen LogP contribution in [-0.4, -0.2) is 9.13 Å². The maximum atomic E-state index is 2.26. The minimum atomic E-state index is 0. The van der Waals surface area contributed by atoms with Gasteiger partial charge in [-0.1, -0.05) is 24.6 Å². The third-order valence-corrected chi connectivity index (χ3v) is 5.72. The van der Waals surface area contributed by atoms with E-state index in [4.69, 9.17) is 0 Å². The topological polar surface area (TPSA) is 9.86 Å². The molecule has 164 valence electrons. The monoisotopic (exact) mass is 548 g/mol. The zero-order valence-corrected chi connectivity index (χ0v) is 22.5. The Balaban J connectivity index is 0.000000215. The van der Waals surface area contributed by atoms with Crippen molar-refractivity contribution >= 4 is 21.5 Å². The minimum absolute atomic E-state index is 0. The third-order valence-electron chi connectivity index (χ3n) is 5.72. The van der Waals surface area contributed by atoms with Crippen molar-refractivity contribution in [2.45, 2.75) is 13.8 Å². The second-order valence-corrected chi connectivity index (χ2v) is 7.76. The van der Waals surface area contributed by atoms with Gasteiger partial charge in [0.1, 0.15) is 0 Å². The number of fused-ring (bicyclic) bond motifs is 2. The standard InChI is InChI=1S/C15H14N.C13H10N.2ClH.Zr/c1-11-5-6-12(2)15-10-13(9-14(11)15)16-7-3-4-8-16;1-2-6-12-10-13(9-11(12)5-1)14-7-3-4-8-14;;;/h3-10H,1-2H3;1-10H;2*1H;/q2*-1;;;+4/p-2. The molecule has 0 bridgehead atoms. The molecule has 0 aliphatic heterocycles. The zero-order valence-electron chi connectivity index (χ0n) is 18.5. The Labute approximate surface area is 226 Å². The van der Waals surface area contributed by atoms with Crippen LogP contribution in [0.1, 0.15) is 11.1 Å². The minimum Gasteiger partial charge on any atom is -1.00 e. The first-order valence-corrected chi connectivity index (χ1v) is 10.3. The van der Waals surface area contributed by atoms with Crippen LogP contribution in [0, 0.1) is 13.8 Å². The van der Waals surface area contributed by atoms with Gasteiger partial charge in [-0.3, -0.25) is 0 Å². The average Bonchev–Trinajstić information content (AvgIpc) is 3.56. The molecule has 0 fully saturated rings. The molecule has 0 atom stereocenters. The van der Waals surface area contributed by atoms with Gasteiger partial charge < -0.3 is 33.9 Å². The Bertz CT molecular complexity index is 1340. The van der Waals surface area contributed by atoms with Gasteiger partial charge in [-0.25, -0.2) is 0 Å². The first-order chi connectivity index (χ1) is 14.7. The third kappa shape index (κ3) is 5.61. The van der Waals surface area contributed by atoms with Gasteiger partial charge in [0.25, 0.3) is 0 Å². The number of halogens is 2. The van der Waals surface area contributed by atoms with Crippen LogP contribution in [0.5, 0.6) is 0 Å². The molecule has 0 aliphatic carbocycles. The van der Waals surface area contributed by atoms with Gasteiger partial charge in [-0.15, -0.1) is 75.6 Å². The number of hydrogen-bond donors (Lipinski definition) is 0. The van der Waals surface area contributed by atoms with Crippen LogP contribution in [0.25, 0.3) is 32.9 Å². The summed E-state index contributed by atoms with van der Waals surface area (Å²) in [5.41, 5.74) is 5.17. The SMILES string of the molecule is Cc1ccc(C)c2[cH-]c(-n3cccc3)cc12.[Cl-].[Cl-].[Zr+4].c1ccc2[cH-]c(-n3cccc3)cc2c1. The van der Waals surface area contributed by atoms with Crippen molar-refractivity contribution in [2.24, 2.45) is 0 Å². The van der Waals surface area contributed by atoms with E-state index in [-0.39, 0.29) is 51.0 Å². The van der Waals surface area contributed by atoms with E-state index in [1.807, 2.05) is 12.1 Å². The number of benzene rings is 2. The van der Waals surface area contributed by atoms with Crippen LogP contribution in [0.2, 0.25) is 0 Å². The molecule has 0 unspecified atom stereocenters. The normalized spacial score (nSPS) is 10.0. The van der Waals surface area contributed by atoms with E-state index in [0.717, 1.165) is 0 Å². The van der Waals surface area contributed by atoms with Crippen LogP contribution >= 0.6 is 0 Å². The fourth-order valence-electron chi connectivity index (χ4n) is 4.02. The van der Waals surface area contributed by atoms with E-state index in [9.17, 15) is 0 Å². The molecule has 0 saturated heterocycles. The van der Waals surface area contributed by atoms with Crippen LogP contribution < -0.4 is 24.8 Å². The van der Waals surface area contributed by atoms with Gasteiger partial charge >= 0.3 is 26.2 Å². The van der Waals surface area contributed by atoms with E-state index >= 15 is 0 Å². The van der Waals surface area contributed by atoms with Gasteiger partial charge in [-0.05, 0) is 42.6 Å². The van der Waals surface area contributed by atoms with Gasteiger partial charge in [0, 0.05) is 24.8 Å². The Hall–Kier alpha value is -2.32. The van der Waals surface area contributed by atoms with Gasteiger partial charge in [-0.2, -0.15) is 0 Å². The summed E-state index contributed by atoms with van der Waals surface area (Å²) in [6.45, 7) is 4.34. The zero-order chi connectivity index (χ0) is 20.5. The number of hydrogen-bond acceptors (Lipinski definition) is 0. The summed E-state index contributed by atoms with van der Waals surface area (Å²) in [6.07, 6.45) is 8.29. The van der Waals surface area contributed by atoms with E-state index in [0.29, 0.717) is 0 Å². The largest absolute Gasteiger partial charge is 4.00 e. The van der Waals surface area contributed by atoms with E-state index in [1.54, 1.807) is 0 Å². The van der Waals surface area contributed by atoms with Crippen molar-refractivity contribution in [1.29, 1.82) is 0 Å². The fraction of sp³-hybridized carbons (Fsp3) is 0.0714. The number of aromatic nitrogens is 2. The smallest absolute Gasteiger partial charge is 1.00 e. The molecule has 0 amide bonds. The Morgan fingerprint density at radius 1 is 0.606 bits per heavy atom. The second kappa shape index (κ2) is 11.7. The van der Waals surface area contributed by atoms with Gasteiger partial charge in [0.2, 0.25) is 0 Å². The molecule has 2 heterocycles. The molecular formula is C28H24Cl2N2Zr. The summed E-state index contributed by atoms with van der Waals surface area (Å²) < 4.78 is 4.28. The molecule has 6 aromatic rings. The molecule has 6 rings (SSSR count). The van der Waals surface area contributed by atoms with Crippen LogP contribution in [0.4, 0.5) is 0 Å². The maximum absolute atomic E-state index is 2.26. The first-order valence-electron chi connectivity index (χ1n) is 10.3. The van der Waals surface area contributed by atoms with Crippen molar-refractivity contribution in [3.63, 3.8) is 0 Å². The average molecular weight is 551 g/mol. The summed E-state index contributed by atoms with van der Waals surface area (Å²) in [4.78, 5) is 0. The molecule has 0 aliphatic rings. The molecule has 0 spiro atoms. The van der Waals surface area contributed by atoms with E-state index < -0.39 is 0 Å². The molecule has 0 saturated carbocycles. The molecule has 33 heavy (non-hydrogen) atoms. The predicted molar refractivity (Wildman–Crippen MR) is 127 cm³/mol. The summed E-state index contributed by atoms with van der Waals surface area (Å²) in [6, 6.07) is 29.9. The summed E-state index contributed by atoms with van der Waals surface area (Å²) >= 11 is 0. The predicted octanol–water partition coefficient (Wildman–Crippen LogP) is 1.32. The molecule has 2 aromatic heterocycles. The molecular weight excluding hydrogens is 526 g/mol. The van der Waals surface area contributed by atoms with Crippen molar-refractivity contribution in [3.8, 4) is 11.4 Å². The molecule has 0 radical (unpaired) electrons. The van der Waals surface area contributed by atoms with Crippen LogP contribution in [0.15, 0.2) is 110 Å². The van der Waals surface area contributed by atoms with Crippen molar-refractivity contribution in [2.75, 3.05) is 0 Å². The van der Waals surface area contributed by atoms with Crippen molar-refractivity contribution in [3.05, 3.63) is 121 Å². The second-order valence-electron chi connectivity index (χ2n) is 7.76. The van der Waals surface area contributed by atoms with E-state index in [1.165, 1.54) is 44.0 Å².